The Morgan fingerprint density at radius 3 is 2.29 bits per heavy atom. The lowest BCUT2D eigenvalue weighted by molar-refractivity contribution is 0.155. The van der Waals surface area contributed by atoms with Crippen LogP contribution in [0.3, 0.4) is 0 Å². The van der Waals surface area contributed by atoms with E-state index in [1.165, 1.54) is 6.20 Å². The van der Waals surface area contributed by atoms with Crippen molar-refractivity contribution in [3.8, 4) is 23.1 Å². The molecule has 10 nitrogen and oxygen atoms in total. The van der Waals surface area contributed by atoms with Crippen LogP contribution in [0.1, 0.15) is 45.9 Å². The minimum Gasteiger partial charge on any atom is -0.456 e. The zero-order chi connectivity index (χ0) is 32.1. The van der Waals surface area contributed by atoms with Gasteiger partial charge >= 0.3 is 12.1 Å². The van der Waals surface area contributed by atoms with Gasteiger partial charge in [-0.25, -0.2) is 19.3 Å². The van der Waals surface area contributed by atoms with Crippen LogP contribution in [0, 0.1) is 6.92 Å². The largest absolute Gasteiger partial charge is 0.456 e. The van der Waals surface area contributed by atoms with E-state index >= 15 is 0 Å². The van der Waals surface area contributed by atoms with Crippen LogP contribution >= 0.6 is 0 Å². The Balaban J connectivity index is 1.37. The first-order valence-corrected chi connectivity index (χ1v) is 14.9. The Morgan fingerprint density at radius 1 is 0.889 bits per heavy atom. The van der Waals surface area contributed by atoms with Crippen molar-refractivity contribution in [2.45, 2.75) is 47.0 Å². The number of anilines is 2. The zero-order valence-electron chi connectivity index (χ0n) is 26.4. The van der Waals surface area contributed by atoms with Gasteiger partial charge in [-0.05, 0) is 51.1 Å². The summed E-state index contributed by atoms with van der Waals surface area (Å²) in [6, 6.07) is 23.9. The molecule has 10 heteroatoms. The third kappa shape index (κ3) is 7.23. The van der Waals surface area contributed by atoms with Crippen molar-refractivity contribution in [2.75, 3.05) is 23.7 Å². The number of benzene rings is 3. The predicted molar refractivity (Wildman–Crippen MR) is 177 cm³/mol. The van der Waals surface area contributed by atoms with Gasteiger partial charge in [-0.15, -0.1) is 0 Å². The molecule has 0 radical (unpaired) electrons. The number of amides is 3. The third-order valence-electron chi connectivity index (χ3n) is 7.28. The lowest BCUT2D eigenvalue weighted by Gasteiger charge is -2.17. The highest BCUT2D eigenvalue weighted by Gasteiger charge is 2.22. The lowest BCUT2D eigenvalue weighted by atomic mass is 9.92. The summed E-state index contributed by atoms with van der Waals surface area (Å²) in [6.45, 7) is 13.1. The number of aryl methyl sites for hydroxylation is 1. The molecule has 0 aliphatic carbocycles. The zero-order valence-corrected chi connectivity index (χ0v) is 26.4. The van der Waals surface area contributed by atoms with E-state index in [-0.39, 0.29) is 11.3 Å². The van der Waals surface area contributed by atoms with E-state index in [4.69, 9.17) is 14.6 Å². The van der Waals surface area contributed by atoms with Gasteiger partial charge in [-0.3, -0.25) is 5.32 Å². The molecule has 0 spiro atoms. The number of rotatable bonds is 8. The second kappa shape index (κ2) is 13.1. The minimum absolute atomic E-state index is 0.142. The average Bonchev–Trinajstić information content (AvgIpc) is 3.44. The summed E-state index contributed by atoms with van der Waals surface area (Å²) in [4.78, 5) is 31.5. The van der Waals surface area contributed by atoms with Crippen molar-refractivity contribution in [3.63, 3.8) is 0 Å². The van der Waals surface area contributed by atoms with Gasteiger partial charge in [0.15, 0.2) is 0 Å². The topological polar surface area (TPSA) is 111 Å². The standard InChI is InChI=1S/C35H38N6O4/c1-7-40(8-2)34(43)45-32-21-25(19-20-36-32)44-29-18-17-28(26-11-9-10-12-27(26)29)37-33(42)38-31-22-30(35(4,5)6)39-41(31)24-15-13-23(3)14-16-24/h9-22H,7-8H2,1-6H3,(H2,37,38,42). The molecule has 232 valence electrons. The van der Waals surface area contributed by atoms with Crippen LogP contribution in [0.4, 0.5) is 21.1 Å². The molecule has 5 rings (SSSR count). The molecule has 0 saturated carbocycles. The number of urea groups is 1. The number of pyridine rings is 1. The Bertz CT molecular complexity index is 1820. The molecule has 3 aromatic carbocycles. The minimum atomic E-state index is -0.472. The number of aromatic nitrogens is 3. The van der Waals surface area contributed by atoms with Gasteiger partial charge in [0.1, 0.15) is 17.3 Å². The molecule has 2 N–H and O–H groups in total. The molecule has 2 aromatic heterocycles. The molecular weight excluding hydrogens is 568 g/mol. The van der Waals surface area contributed by atoms with Crippen LogP contribution in [0.15, 0.2) is 85.1 Å². The highest BCUT2D eigenvalue weighted by molar-refractivity contribution is 6.07. The molecular formula is C35H38N6O4. The Kier molecular flexibility index (Phi) is 9.03. The fraction of sp³-hybridized carbons (Fsp3) is 0.257. The highest BCUT2D eigenvalue weighted by Crippen LogP contribution is 2.35. The molecule has 0 aliphatic heterocycles. The number of nitrogens with zero attached hydrogens (tertiary/aromatic N) is 4. The molecule has 0 atom stereocenters. The summed E-state index contributed by atoms with van der Waals surface area (Å²) in [5.41, 5.74) is 3.23. The maximum Gasteiger partial charge on any atom is 0.416 e. The molecule has 0 fully saturated rings. The van der Waals surface area contributed by atoms with Crippen molar-refractivity contribution in [1.82, 2.24) is 19.7 Å². The number of nitrogens with one attached hydrogen (secondary N) is 2. The van der Waals surface area contributed by atoms with Gasteiger partial charge in [0.2, 0.25) is 5.88 Å². The third-order valence-corrected chi connectivity index (χ3v) is 7.28. The van der Waals surface area contributed by atoms with Crippen molar-refractivity contribution < 1.29 is 19.1 Å². The molecule has 0 bridgehead atoms. The highest BCUT2D eigenvalue weighted by atomic mass is 16.6. The van der Waals surface area contributed by atoms with Crippen LogP contribution in [-0.4, -0.2) is 44.9 Å². The quantitative estimate of drug-likeness (QED) is 0.184. The summed E-state index contributed by atoms with van der Waals surface area (Å²) >= 11 is 0. The summed E-state index contributed by atoms with van der Waals surface area (Å²) in [7, 11) is 0. The molecule has 2 heterocycles. The van der Waals surface area contributed by atoms with E-state index in [0.29, 0.717) is 36.1 Å². The predicted octanol–water partition coefficient (Wildman–Crippen LogP) is 8.30. The SMILES string of the molecule is CCN(CC)C(=O)Oc1cc(Oc2ccc(NC(=O)Nc3cc(C(C)(C)C)nn3-c3ccc(C)cc3)c3ccccc23)ccn1. The Labute approximate surface area is 263 Å². The molecule has 45 heavy (non-hydrogen) atoms. The van der Waals surface area contributed by atoms with Crippen molar-refractivity contribution >= 4 is 34.4 Å². The second-order valence-corrected chi connectivity index (χ2v) is 11.6. The second-order valence-electron chi connectivity index (χ2n) is 11.6. The molecule has 0 aliphatic rings. The van der Waals surface area contributed by atoms with Crippen LogP contribution in [0.2, 0.25) is 0 Å². The fourth-order valence-corrected chi connectivity index (χ4v) is 4.73. The normalized spacial score (nSPS) is 11.2. The van der Waals surface area contributed by atoms with Crippen molar-refractivity contribution in [2.24, 2.45) is 0 Å². The number of hydrogen-bond donors (Lipinski definition) is 2. The van der Waals surface area contributed by atoms with Gasteiger partial charge in [-0.2, -0.15) is 5.10 Å². The maximum atomic E-state index is 13.4. The van der Waals surface area contributed by atoms with Gasteiger partial charge < -0.3 is 19.7 Å². The first kappa shape index (κ1) is 31.1. The van der Waals surface area contributed by atoms with E-state index in [1.54, 1.807) is 33.8 Å². The van der Waals surface area contributed by atoms with E-state index < -0.39 is 12.1 Å². The number of ether oxygens (including phenoxy) is 2. The van der Waals surface area contributed by atoms with Gasteiger partial charge in [0.05, 0.1) is 17.1 Å². The average molecular weight is 607 g/mol. The van der Waals surface area contributed by atoms with Crippen LogP contribution < -0.4 is 20.1 Å². The first-order chi connectivity index (χ1) is 21.5. The molecule has 3 amide bonds. The monoisotopic (exact) mass is 606 g/mol. The summed E-state index contributed by atoms with van der Waals surface area (Å²) in [5, 5.41) is 12.4. The first-order valence-electron chi connectivity index (χ1n) is 14.9. The van der Waals surface area contributed by atoms with E-state index in [0.717, 1.165) is 27.7 Å². The lowest BCUT2D eigenvalue weighted by Crippen LogP contribution is -2.33. The maximum absolute atomic E-state index is 13.4. The fourth-order valence-electron chi connectivity index (χ4n) is 4.73. The van der Waals surface area contributed by atoms with Gasteiger partial charge in [0, 0.05) is 47.6 Å². The Morgan fingerprint density at radius 2 is 1.60 bits per heavy atom. The van der Waals surface area contributed by atoms with E-state index in [1.807, 2.05) is 75.4 Å². The van der Waals surface area contributed by atoms with Crippen LogP contribution in [0.25, 0.3) is 16.5 Å². The molecule has 0 saturated heterocycles. The van der Waals surface area contributed by atoms with Crippen LogP contribution in [-0.2, 0) is 5.41 Å². The van der Waals surface area contributed by atoms with Gasteiger partial charge in [0.25, 0.3) is 0 Å². The number of carbonyl (C=O) groups excluding carboxylic acids is 2. The summed E-state index contributed by atoms with van der Waals surface area (Å²) < 4.78 is 13.4. The molecule has 0 unspecified atom stereocenters. The van der Waals surface area contributed by atoms with Crippen LogP contribution in [0.5, 0.6) is 17.4 Å². The van der Waals surface area contributed by atoms with Crippen molar-refractivity contribution in [3.05, 3.63) is 96.3 Å². The van der Waals surface area contributed by atoms with Crippen molar-refractivity contribution in [1.29, 1.82) is 0 Å². The van der Waals surface area contributed by atoms with E-state index in [9.17, 15) is 9.59 Å². The van der Waals surface area contributed by atoms with Gasteiger partial charge in [-0.1, -0.05) is 62.7 Å². The summed E-state index contributed by atoms with van der Waals surface area (Å²) in [5.74, 6) is 1.72. The number of carbonyl (C=O) groups is 2. The number of hydrogen-bond acceptors (Lipinski definition) is 6. The Hall–Kier alpha value is -5.38. The smallest absolute Gasteiger partial charge is 0.416 e. The molecule has 5 aromatic rings. The summed E-state index contributed by atoms with van der Waals surface area (Å²) in [6.07, 6.45) is 1.05. The number of fused-ring (bicyclic) bond motifs is 1. The van der Waals surface area contributed by atoms with E-state index in [2.05, 4.69) is 36.4 Å².